The molecular formula is C17H17BrN4O2S. The summed E-state index contributed by atoms with van der Waals surface area (Å²) in [5.74, 6) is 0. The standard InChI is InChI=1S/C17H17BrN4O2S/c1-4-10(6-5-7-24-3)22-9-21-14-12-13(19-2)11(18)8-20-16(12)25-15(14)17(22)23/h4-6,8-9H,7H2,1-3H3,(H,19,20)/b6-5-,10-4+. The number of anilines is 1. The van der Waals surface area contributed by atoms with Crippen LogP contribution in [0.5, 0.6) is 0 Å². The number of fused-ring (bicyclic) bond motifs is 3. The Morgan fingerprint density at radius 1 is 1.48 bits per heavy atom. The van der Waals surface area contributed by atoms with Gasteiger partial charge in [0.15, 0.2) is 0 Å². The van der Waals surface area contributed by atoms with Gasteiger partial charge in [-0.05, 0) is 28.9 Å². The molecule has 0 saturated heterocycles. The lowest BCUT2D eigenvalue weighted by molar-refractivity contribution is 0.234. The fourth-order valence-corrected chi connectivity index (χ4v) is 4.12. The third kappa shape index (κ3) is 3.12. The van der Waals surface area contributed by atoms with Gasteiger partial charge in [0, 0.05) is 26.1 Å². The summed E-state index contributed by atoms with van der Waals surface area (Å²) in [4.78, 5) is 22.7. The highest BCUT2D eigenvalue weighted by Gasteiger charge is 2.17. The van der Waals surface area contributed by atoms with Crippen molar-refractivity contribution < 1.29 is 4.74 Å². The molecule has 130 valence electrons. The van der Waals surface area contributed by atoms with Gasteiger partial charge in [-0.2, -0.15) is 0 Å². The van der Waals surface area contributed by atoms with Crippen LogP contribution < -0.4 is 10.9 Å². The van der Waals surface area contributed by atoms with Gasteiger partial charge in [-0.15, -0.1) is 11.3 Å². The number of methoxy groups -OCH3 is 1. The van der Waals surface area contributed by atoms with Crippen molar-refractivity contribution in [2.24, 2.45) is 0 Å². The van der Waals surface area contributed by atoms with Gasteiger partial charge in [-0.25, -0.2) is 9.97 Å². The molecule has 3 aromatic heterocycles. The van der Waals surface area contributed by atoms with Crippen molar-refractivity contribution in [1.82, 2.24) is 14.5 Å². The van der Waals surface area contributed by atoms with Gasteiger partial charge in [-0.3, -0.25) is 9.36 Å². The first-order chi connectivity index (χ1) is 12.1. The molecule has 0 unspecified atom stereocenters. The van der Waals surface area contributed by atoms with Crippen molar-refractivity contribution >= 4 is 59.1 Å². The second kappa shape index (κ2) is 7.47. The molecule has 3 rings (SSSR count). The summed E-state index contributed by atoms with van der Waals surface area (Å²) in [6.07, 6.45) is 8.85. The zero-order valence-electron chi connectivity index (χ0n) is 14.0. The molecule has 0 spiro atoms. The molecule has 0 atom stereocenters. The molecule has 0 aliphatic carbocycles. The van der Waals surface area contributed by atoms with E-state index in [-0.39, 0.29) is 5.56 Å². The summed E-state index contributed by atoms with van der Waals surface area (Å²) in [5, 5.41) is 4.01. The van der Waals surface area contributed by atoms with E-state index in [1.165, 1.54) is 15.9 Å². The number of hydrogen-bond donors (Lipinski definition) is 1. The fourth-order valence-electron chi connectivity index (χ4n) is 2.58. The number of halogens is 1. The molecule has 0 amide bonds. The monoisotopic (exact) mass is 420 g/mol. The summed E-state index contributed by atoms with van der Waals surface area (Å²) >= 11 is 4.84. The highest BCUT2D eigenvalue weighted by molar-refractivity contribution is 9.10. The van der Waals surface area contributed by atoms with Crippen molar-refractivity contribution in [2.75, 3.05) is 26.1 Å². The molecule has 3 aromatic rings. The average molecular weight is 421 g/mol. The largest absolute Gasteiger partial charge is 0.387 e. The van der Waals surface area contributed by atoms with Crippen LogP contribution in [0.1, 0.15) is 6.92 Å². The molecule has 3 heterocycles. The van der Waals surface area contributed by atoms with Gasteiger partial charge in [-0.1, -0.05) is 12.2 Å². The Balaban J connectivity index is 2.25. The molecule has 25 heavy (non-hydrogen) atoms. The molecule has 8 heteroatoms. The number of nitrogens with zero attached hydrogens (tertiary/aromatic N) is 3. The number of aromatic nitrogens is 3. The highest BCUT2D eigenvalue weighted by Crippen LogP contribution is 2.37. The van der Waals surface area contributed by atoms with Crippen LogP contribution in [-0.4, -0.2) is 35.3 Å². The van der Waals surface area contributed by atoms with Crippen LogP contribution in [0.4, 0.5) is 5.69 Å². The smallest absolute Gasteiger partial charge is 0.275 e. The Hall–Kier alpha value is -2.03. The summed E-state index contributed by atoms with van der Waals surface area (Å²) in [5.41, 5.74) is 2.18. The molecular weight excluding hydrogens is 404 g/mol. The molecule has 0 fully saturated rings. The first-order valence-electron chi connectivity index (χ1n) is 7.60. The minimum atomic E-state index is -0.110. The lowest BCUT2D eigenvalue weighted by Gasteiger charge is -2.07. The van der Waals surface area contributed by atoms with Crippen LogP contribution in [0.3, 0.4) is 0 Å². The van der Waals surface area contributed by atoms with Crippen LogP contribution in [0.2, 0.25) is 0 Å². The van der Waals surface area contributed by atoms with Crippen LogP contribution in [-0.2, 0) is 4.74 Å². The maximum Gasteiger partial charge on any atom is 0.275 e. The Morgan fingerprint density at radius 2 is 2.28 bits per heavy atom. The van der Waals surface area contributed by atoms with E-state index in [0.717, 1.165) is 26.1 Å². The predicted molar refractivity (Wildman–Crippen MR) is 107 cm³/mol. The molecule has 0 aliphatic heterocycles. The minimum Gasteiger partial charge on any atom is -0.387 e. The fraction of sp³-hybridized carbons (Fsp3) is 0.235. The van der Waals surface area contributed by atoms with Crippen molar-refractivity contribution in [3.05, 3.63) is 45.6 Å². The molecule has 6 nitrogen and oxygen atoms in total. The quantitative estimate of drug-likeness (QED) is 0.634. The third-order valence-corrected chi connectivity index (χ3v) is 5.42. The van der Waals surface area contributed by atoms with E-state index in [2.05, 4.69) is 31.2 Å². The summed E-state index contributed by atoms with van der Waals surface area (Å²) in [7, 11) is 3.46. The number of ether oxygens (including phenoxy) is 1. The van der Waals surface area contributed by atoms with Gasteiger partial charge in [0.25, 0.3) is 5.56 Å². The first kappa shape index (κ1) is 17.8. The number of pyridine rings is 1. The third-order valence-electron chi connectivity index (χ3n) is 3.74. The van der Waals surface area contributed by atoms with E-state index in [4.69, 9.17) is 4.74 Å². The Morgan fingerprint density at radius 3 is 2.96 bits per heavy atom. The number of thiophene rings is 1. The number of rotatable bonds is 5. The van der Waals surface area contributed by atoms with E-state index in [1.54, 1.807) is 19.6 Å². The van der Waals surface area contributed by atoms with Crippen LogP contribution in [0.25, 0.3) is 26.1 Å². The van der Waals surface area contributed by atoms with Gasteiger partial charge < -0.3 is 10.1 Å². The number of allylic oxidation sites excluding steroid dienone is 3. The topological polar surface area (TPSA) is 69.0 Å². The molecule has 0 aromatic carbocycles. The summed E-state index contributed by atoms with van der Waals surface area (Å²) < 4.78 is 7.97. The zero-order valence-corrected chi connectivity index (χ0v) is 16.4. The van der Waals surface area contributed by atoms with Gasteiger partial charge in [0.05, 0.1) is 22.2 Å². The van der Waals surface area contributed by atoms with Gasteiger partial charge in [0.2, 0.25) is 0 Å². The predicted octanol–water partition coefficient (Wildman–Crippen LogP) is 3.87. The second-order valence-corrected chi connectivity index (χ2v) is 7.04. The Labute approximate surface area is 157 Å². The Bertz CT molecular complexity index is 1050. The summed E-state index contributed by atoms with van der Waals surface area (Å²) in [6.45, 7) is 2.36. The second-order valence-electron chi connectivity index (χ2n) is 5.18. The van der Waals surface area contributed by atoms with Crippen LogP contribution in [0, 0.1) is 0 Å². The maximum atomic E-state index is 13.0. The number of nitrogens with one attached hydrogen (secondary N) is 1. The number of hydrogen-bond acceptors (Lipinski definition) is 6. The van der Waals surface area contributed by atoms with Crippen LogP contribution in [0.15, 0.2) is 40.0 Å². The molecule has 0 aliphatic rings. The van der Waals surface area contributed by atoms with Crippen molar-refractivity contribution in [3.8, 4) is 0 Å². The highest BCUT2D eigenvalue weighted by atomic mass is 79.9. The van der Waals surface area contributed by atoms with Gasteiger partial charge in [0.1, 0.15) is 21.4 Å². The molecule has 1 N–H and O–H groups in total. The normalized spacial score (nSPS) is 12.6. The van der Waals surface area contributed by atoms with Gasteiger partial charge >= 0.3 is 0 Å². The lowest BCUT2D eigenvalue weighted by atomic mass is 10.2. The molecule has 0 saturated carbocycles. The average Bonchev–Trinajstić information content (AvgIpc) is 3.00. The maximum absolute atomic E-state index is 13.0. The van der Waals surface area contributed by atoms with E-state index >= 15 is 0 Å². The lowest BCUT2D eigenvalue weighted by Crippen LogP contribution is -2.18. The van der Waals surface area contributed by atoms with Crippen molar-refractivity contribution in [2.45, 2.75) is 6.92 Å². The van der Waals surface area contributed by atoms with E-state index in [9.17, 15) is 4.79 Å². The summed E-state index contributed by atoms with van der Waals surface area (Å²) in [6, 6.07) is 0. The van der Waals surface area contributed by atoms with Crippen molar-refractivity contribution in [3.63, 3.8) is 0 Å². The minimum absolute atomic E-state index is 0.110. The molecule has 0 radical (unpaired) electrons. The first-order valence-corrected chi connectivity index (χ1v) is 9.21. The zero-order chi connectivity index (χ0) is 18.0. The Kier molecular flexibility index (Phi) is 5.31. The van der Waals surface area contributed by atoms with E-state index < -0.39 is 0 Å². The molecule has 0 bridgehead atoms. The van der Waals surface area contributed by atoms with E-state index in [1.807, 2.05) is 32.2 Å². The van der Waals surface area contributed by atoms with Crippen molar-refractivity contribution in [1.29, 1.82) is 0 Å². The van der Waals surface area contributed by atoms with Crippen LogP contribution >= 0.6 is 27.3 Å². The van der Waals surface area contributed by atoms with E-state index in [0.29, 0.717) is 16.8 Å². The SMILES string of the molecule is C/C=C(\C=C/COC)n1cnc2c(sc3ncc(Br)c(NC)c32)c1=O.